The van der Waals surface area contributed by atoms with Gasteiger partial charge in [-0.25, -0.2) is 9.97 Å². The summed E-state index contributed by atoms with van der Waals surface area (Å²) in [5, 5.41) is 1.13. The minimum absolute atomic E-state index is 0.523. The van der Waals surface area contributed by atoms with Crippen LogP contribution in [0.1, 0.15) is 25.6 Å². The lowest BCUT2D eigenvalue weighted by Gasteiger charge is -2.09. The number of hydrogen-bond donors (Lipinski definition) is 1. The fourth-order valence-corrected chi connectivity index (χ4v) is 3.21. The van der Waals surface area contributed by atoms with E-state index in [0.29, 0.717) is 5.82 Å². The number of aryl methyl sites for hydroxylation is 2. The summed E-state index contributed by atoms with van der Waals surface area (Å²) in [6.07, 6.45) is 5.25. The Kier molecular flexibility index (Phi) is 4.61. The second-order valence-corrected chi connectivity index (χ2v) is 5.97. The van der Waals surface area contributed by atoms with Crippen LogP contribution in [0.25, 0.3) is 21.9 Å². The summed E-state index contributed by atoms with van der Waals surface area (Å²) >= 11 is 2.26. The summed E-state index contributed by atoms with van der Waals surface area (Å²) in [6.45, 7) is 3.09. The van der Waals surface area contributed by atoms with E-state index in [-0.39, 0.29) is 0 Å². The van der Waals surface area contributed by atoms with Gasteiger partial charge in [-0.05, 0) is 23.0 Å². The van der Waals surface area contributed by atoms with Gasteiger partial charge in [0.25, 0.3) is 0 Å². The largest absolute Gasteiger partial charge is 0.382 e. The highest BCUT2D eigenvalue weighted by molar-refractivity contribution is 14.1. The summed E-state index contributed by atoms with van der Waals surface area (Å²) < 4.78 is 4.39. The smallest absolute Gasteiger partial charge is 0.152 e. The molecule has 2 N–H and O–H groups in total. The van der Waals surface area contributed by atoms with Gasteiger partial charge >= 0.3 is 0 Å². The number of hydrogen-bond acceptors (Lipinski definition) is 3. The lowest BCUT2D eigenvalue weighted by molar-refractivity contribution is 0.636. The van der Waals surface area contributed by atoms with E-state index >= 15 is 0 Å². The Bertz CT molecular complexity index is 835. The Labute approximate surface area is 143 Å². The van der Waals surface area contributed by atoms with Crippen molar-refractivity contribution >= 4 is 50.3 Å². The highest BCUT2D eigenvalue weighted by Gasteiger charge is 2.15. The predicted molar refractivity (Wildman–Crippen MR) is 101 cm³/mol. The number of unbranched alkanes of at least 4 members (excludes halogenated alkanes) is 1. The van der Waals surface area contributed by atoms with E-state index in [2.05, 4.69) is 55.3 Å². The number of anilines is 1. The van der Waals surface area contributed by atoms with Gasteiger partial charge in [0, 0.05) is 18.4 Å². The summed E-state index contributed by atoms with van der Waals surface area (Å²) in [4.78, 5) is 9.23. The van der Waals surface area contributed by atoms with Gasteiger partial charge in [-0.1, -0.05) is 53.8 Å². The Morgan fingerprint density at radius 2 is 2.09 bits per heavy atom. The molecule has 0 aliphatic heterocycles. The number of para-hydroxylation sites is 1. The Balaban J connectivity index is 2.19. The maximum Gasteiger partial charge on any atom is 0.152 e. The first kappa shape index (κ1) is 15.3. The minimum atomic E-state index is 0.523. The van der Waals surface area contributed by atoms with Gasteiger partial charge in [0.2, 0.25) is 0 Å². The number of rotatable bonds is 5. The summed E-state index contributed by atoms with van der Waals surface area (Å²) in [5.41, 5.74) is 9.03. The monoisotopic (exact) mass is 406 g/mol. The average molecular weight is 406 g/mol. The summed E-state index contributed by atoms with van der Waals surface area (Å²) in [5.74, 6) is 1.60. The first-order valence-electron chi connectivity index (χ1n) is 7.54. The van der Waals surface area contributed by atoms with Crippen molar-refractivity contribution in [1.29, 1.82) is 0 Å². The number of fused-ring (bicyclic) bond motifs is 3. The van der Waals surface area contributed by atoms with E-state index in [1.165, 1.54) is 0 Å². The van der Waals surface area contributed by atoms with Crippen LogP contribution in [0.4, 0.5) is 5.82 Å². The van der Waals surface area contributed by atoms with Crippen molar-refractivity contribution in [2.75, 3.05) is 5.73 Å². The Morgan fingerprint density at radius 3 is 2.86 bits per heavy atom. The molecule has 2 heterocycles. The maximum atomic E-state index is 6.14. The van der Waals surface area contributed by atoms with E-state index in [1.54, 1.807) is 0 Å². The fourth-order valence-electron chi connectivity index (χ4n) is 2.85. The molecule has 0 aliphatic rings. The van der Waals surface area contributed by atoms with Gasteiger partial charge in [-0.15, -0.1) is 0 Å². The topological polar surface area (TPSA) is 56.7 Å². The van der Waals surface area contributed by atoms with Crippen LogP contribution in [0, 0.1) is 0 Å². The average Bonchev–Trinajstić information content (AvgIpc) is 2.91. The van der Waals surface area contributed by atoms with Crippen molar-refractivity contribution < 1.29 is 0 Å². The van der Waals surface area contributed by atoms with Crippen molar-refractivity contribution in [3.8, 4) is 0 Å². The summed E-state index contributed by atoms with van der Waals surface area (Å²) in [6, 6.07) is 8.15. The molecule has 0 amide bonds. The Morgan fingerprint density at radius 1 is 1.27 bits per heavy atom. The van der Waals surface area contributed by atoms with Crippen LogP contribution >= 0.6 is 22.6 Å². The number of nitrogen functional groups attached to an aromatic ring is 1. The SMILES string of the molecule is CCc1nc2c(N)nc3ccccc3c2n1CCCC=CI. The zero-order valence-corrected chi connectivity index (χ0v) is 14.7. The van der Waals surface area contributed by atoms with E-state index in [9.17, 15) is 0 Å². The van der Waals surface area contributed by atoms with Gasteiger partial charge in [0.15, 0.2) is 5.82 Å². The summed E-state index contributed by atoms with van der Waals surface area (Å²) in [7, 11) is 0. The number of halogens is 1. The second-order valence-electron chi connectivity index (χ2n) is 5.25. The molecule has 5 heteroatoms. The molecular weight excluding hydrogens is 387 g/mol. The van der Waals surface area contributed by atoms with Gasteiger partial charge in [0.1, 0.15) is 11.3 Å². The van der Waals surface area contributed by atoms with Crippen LogP contribution in [0.2, 0.25) is 0 Å². The first-order valence-corrected chi connectivity index (χ1v) is 8.79. The molecule has 2 aromatic heterocycles. The highest BCUT2D eigenvalue weighted by atomic mass is 127. The lowest BCUT2D eigenvalue weighted by Crippen LogP contribution is -2.03. The number of pyridine rings is 1. The molecule has 0 aliphatic carbocycles. The molecule has 0 unspecified atom stereocenters. The van der Waals surface area contributed by atoms with Crippen LogP contribution in [0.3, 0.4) is 0 Å². The van der Waals surface area contributed by atoms with E-state index in [0.717, 1.165) is 53.6 Å². The third-order valence-electron chi connectivity index (χ3n) is 3.85. The van der Waals surface area contributed by atoms with Crippen LogP contribution in [0.15, 0.2) is 34.4 Å². The molecule has 0 fully saturated rings. The van der Waals surface area contributed by atoms with Gasteiger partial charge in [-0.2, -0.15) is 0 Å². The number of nitrogens with zero attached hydrogens (tertiary/aromatic N) is 3. The molecular formula is C17H19IN4. The van der Waals surface area contributed by atoms with Crippen molar-refractivity contribution in [2.24, 2.45) is 0 Å². The van der Waals surface area contributed by atoms with Gasteiger partial charge in [-0.3, -0.25) is 0 Å². The molecule has 22 heavy (non-hydrogen) atoms. The molecule has 0 bridgehead atoms. The van der Waals surface area contributed by atoms with Crippen LogP contribution in [-0.2, 0) is 13.0 Å². The number of imidazole rings is 1. The number of nitrogens with two attached hydrogens (primary N) is 1. The van der Waals surface area contributed by atoms with Crippen LogP contribution in [-0.4, -0.2) is 14.5 Å². The number of aromatic nitrogens is 3. The zero-order valence-electron chi connectivity index (χ0n) is 12.6. The molecule has 0 radical (unpaired) electrons. The third-order valence-corrected chi connectivity index (χ3v) is 4.36. The first-order chi connectivity index (χ1) is 10.8. The molecule has 0 spiro atoms. The number of benzene rings is 1. The molecule has 114 valence electrons. The molecule has 1 aromatic carbocycles. The lowest BCUT2D eigenvalue weighted by atomic mass is 10.2. The van der Waals surface area contributed by atoms with Crippen molar-refractivity contribution in [3.63, 3.8) is 0 Å². The number of allylic oxidation sites excluding steroid dienone is 1. The zero-order chi connectivity index (χ0) is 15.5. The minimum Gasteiger partial charge on any atom is -0.382 e. The Hall–Kier alpha value is -1.63. The second kappa shape index (κ2) is 6.64. The quantitative estimate of drug-likeness (QED) is 0.503. The standard InChI is InChI=1S/C17H19IN4/c1-2-14-21-15-16(22(14)11-7-3-6-10-18)12-8-4-5-9-13(12)20-17(15)19/h4-6,8-10H,2-3,7,11H2,1H3,(H2,19,20). The van der Waals surface area contributed by atoms with Crippen molar-refractivity contribution in [1.82, 2.24) is 14.5 Å². The molecule has 3 aromatic rings. The van der Waals surface area contributed by atoms with Gasteiger partial charge < -0.3 is 10.3 Å². The van der Waals surface area contributed by atoms with E-state index < -0.39 is 0 Å². The predicted octanol–water partition coefficient (Wildman–Crippen LogP) is 4.46. The van der Waals surface area contributed by atoms with E-state index in [1.807, 2.05) is 18.2 Å². The third kappa shape index (κ3) is 2.69. The van der Waals surface area contributed by atoms with Gasteiger partial charge in [0.05, 0.1) is 11.0 Å². The molecule has 0 saturated heterocycles. The van der Waals surface area contributed by atoms with Crippen molar-refractivity contribution in [2.45, 2.75) is 32.7 Å². The fraction of sp³-hybridized carbons (Fsp3) is 0.294. The highest BCUT2D eigenvalue weighted by Crippen LogP contribution is 2.29. The molecule has 4 nitrogen and oxygen atoms in total. The van der Waals surface area contributed by atoms with Crippen LogP contribution in [0.5, 0.6) is 0 Å². The molecule has 0 saturated carbocycles. The van der Waals surface area contributed by atoms with Crippen LogP contribution < -0.4 is 5.73 Å². The maximum absolute atomic E-state index is 6.14. The normalized spacial score (nSPS) is 11.9. The molecule has 0 atom stereocenters. The van der Waals surface area contributed by atoms with E-state index in [4.69, 9.17) is 10.7 Å². The van der Waals surface area contributed by atoms with Crippen molar-refractivity contribution in [3.05, 3.63) is 40.2 Å². The molecule has 3 rings (SSSR count).